The largest absolute Gasteiger partial charge is 0.361 e. The summed E-state index contributed by atoms with van der Waals surface area (Å²) in [5.41, 5.74) is 4.50. The molecule has 1 aliphatic rings. The van der Waals surface area contributed by atoms with E-state index in [2.05, 4.69) is 15.4 Å². The summed E-state index contributed by atoms with van der Waals surface area (Å²) in [6, 6.07) is 11.7. The number of fused-ring (bicyclic) bond motifs is 1. The van der Waals surface area contributed by atoms with Gasteiger partial charge in [-0.25, -0.2) is 0 Å². The maximum atomic E-state index is 12.6. The number of hydrogen-bond donors (Lipinski definition) is 1. The van der Waals surface area contributed by atoms with Gasteiger partial charge in [0, 0.05) is 35.9 Å². The summed E-state index contributed by atoms with van der Waals surface area (Å²) in [6.07, 6.45) is 0.762. The molecule has 1 amide bonds. The van der Waals surface area contributed by atoms with Crippen molar-refractivity contribution in [2.45, 2.75) is 19.9 Å². The lowest BCUT2D eigenvalue weighted by molar-refractivity contribution is 0.0724. The second kappa shape index (κ2) is 5.39. The van der Waals surface area contributed by atoms with Crippen LogP contribution in [0.15, 0.2) is 40.9 Å². The van der Waals surface area contributed by atoms with Crippen LogP contribution in [0.4, 0.5) is 0 Å². The fraction of sp³-hybridized carbons (Fsp3) is 0.235. The van der Waals surface area contributed by atoms with Crippen molar-refractivity contribution in [1.82, 2.24) is 20.3 Å². The molecular weight excluding hydrogens is 292 g/mol. The van der Waals surface area contributed by atoms with Gasteiger partial charge in [0.1, 0.15) is 5.76 Å². The zero-order valence-electron chi connectivity index (χ0n) is 12.7. The number of carbonyl (C=O) groups excluding carboxylic acids is 1. The Balaban J connectivity index is 1.64. The summed E-state index contributed by atoms with van der Waals surface area (Å²) in [5.74, 6) is 0.534. The highest BCUT2D eigenvalue weighted by atomic mass is 16.5. The third kappa shape index (κ3) is 2.42. The van der Waals surface area contributed by atoms with E-state index in [1.807, 2.05) is 30.3 Å². The van der Waals surface area contributed by atoms with Gasteiger partial charge in [-0.05, 0) is 6.92 Å². The van der Waals surface area contributed by atoms with Crippen molar-refractivity contribution in [2.75, 3.05) is 6.54 Å². The number of rotatable bonds is 2. The molecule has 0 unspecified atom stereocenters. The first kappa shape index (κ1) is 13.8. The van der Waals surface area contributed by atoms with Gasteiger partial charge in [0.05, 0.1) is 12.2 Å². The molecule has 4 rings (SSSR count). The summed E-state index contributed by atoms with van der Waals surface area (Å²) in [4.78, 5) is 14.4. The Kier molecular flexibility index (Phi) is 3.22. The van der Waals surface area contributed by atoms with Crippen LogP contribution in [0.25, 0.3) is 11.3 Å². The van der Waals surface area contributed by atoms with E-state index < -0.39 is 0 Å². The Morgan fingerprint density at radius 2 is 2.13 bits per heavy atom. The monoisotopic (exact) mass is 308 g/mol. The number of nitrogens with one attached hydrogen (secondary N) is 1. The average molecular weight is 308 g/mol. The van der Waals surface area contributed by atoms with Crippen LogP contribution < -0.4 is 0 Å². The van der Waals surface area contributed by atoms with E-state index in [0.717, 1.165) is 28.9 Å². The highest BCUT2D eigenvalue weighted by Crippen LogP contribution is 2.28. The van der Waals surface area contributed by atoms with Crippen molar-refractivity contribution in [3.8, 4) is 11.3 Å². The summed E-state index contributed by atoms with van der Waals surface area (Å²) >= 11 is 0. The SMILES string of the molecule is Cc1cc(C(=O)N2CCc3[nH]nc(-c4ccccc4)c3C2)no1. The van der Waals surface area contributed by atoms with E-state index in [1.54, 1.807) is 17.9 Å². The first-order valence-corrected chi connectivity index (χ1v) is 7.56. The molecule has 0 aliphatic carbocycles. The number of benzene rings is 1. The molecule has 23 heavy (non-hydrogen) atoms. The molecule has 1 N–H and O–H groups in total. The Morgan fingerprint density at radius 1 is 1.30 bits per heavy atom. The van der Waals surface area contributed by atoms with Crippen LogP contribution in [-0.4, -0.2) is 32.7 Å². The molecule has 2 aromatic heterocycles. The van der Waals surface area contributed by atoms with Crippen LogP contribution in [-0.2, 0) is 13.0 Å². The van der Waals surface area contributed by atoms with Crippen LogP contribution in [0.3, 0.4) is 0 Å². The van der Waals surface area contributed by atoms with Gasteiger partial charge < -0.3 is 9.42 Å². The topological polar surface area (TPSA) is 75.0 Å². The molecule has 1 aliphatic heterocycles. The highest BCUT2D eigenvalue weighted by Gasteiger charge is 2.27. The number of aryl methyl sites for hydroxylation is 1. The molecular formula is C17H16N4O2. The van der Waals surface area contributed by atoms with Crippen LogP contribution in [0.5, 0.6) is 0 Å². The van der Waals surface area contributed by atoms with Crippen molar-refractivity contribution in [1.29, 1.82) is 0 Å². The molecule has 0 saturated carbocycles. The van der Waals surface area contributed by atoms with E-state index in [-0.39, 0.29) is 5.91 Å². The first-order valence-electron chi connectivity index (χ1n) is 7.56. The maximum Gasteiger partial charge on any atom is 0.276 e. The fourth-order valence-electron chi connectivity index (χ4n) is 2.93. The van der Waals surface area contributed by atoms with Crippen LogP contribution in [0.1, 0.15) is 27.5 Å². The molecule has 0 spiro atoms. The number of H-pyrrole nitrogens is 1. The standard InChI is InChI=1S/C17H16N4O2/c1-11-9-15(20-23-11)17(22)21-8-7-14-13(10-21)16(19-18-14)12-5-3-2-4-6-12/h2-6,9H,7-8,10H2,1H3,(H,18,19). The van der Waals surface area contributed by atoms with Crippen LogP contribution in [0.2, 0.25) is 0 Å². The van der Waals surface area contributed by atoms with Gasteiger partial charge in [0.15, 0.2) is 5.69 Å². The van der Waals surface area contributed by atoms with Gasteiger partial charge in [-0.3, -0.25) is 9.89 Å². The normalized spacial score (nSPS) is 13.9. The summed E-state index contributed by atoms with van der Waals surface area (Å²) in [5, 5.41) is 11.4. The molecule has 0 saturated heterocycles. The van der Waals surface area contributed by atoms with Gasteiger partial charge in [-0.15, -0.1) is 0 Å². The molecule has 6 heteroatoms. The number of hydrogen-bond acceptors (Lipinski definition) is 4. The first-order chi connectivity index (χ1) is 11.2. The fourth-order valence-corrected chi connectivity index (χ4v) is 2.93. The van der Waals surface area contributed by atoms with E-state index in [1.165, 1.54) is 0 Å². The second-order valence-corrected chi connectivity index (χ2v) is 5.69. The maximum absolute atomic E-state index is 12.6. The van der Waals surface area contributed by atoms with E-state index in [0.29, 0.717) is 24.5 Å². The minimum atomic E-state index is -0.104. The van der Waals surface area contributed by atoms with E-state index >= 15 is 0 Å². The number of carbonyl (C=O) groups is 1. The van der Waals surface area contributed by atoms with E-state index in [4.69, 9.17) is 4.52 Å². The smallest absolute Gasteiger partial charge is 0.276 e. The van der Waals surface area contributed by atoms with Gasteiger partial charge in [0.25, 0.3) is 5.91 Å². The minimum absolute atomic E-state index is 0.104. The summed E-state index contributed by atoms with van der Waals surface area (Å²) in [7, 11) is 0. The van der Waals surface area contributed by atoms with Crippen molar-refractivity contribution >= 4 is 5.91 Å². The molecule has 0 bridgehead atoms. The number of aromatic nitrogens is 3. The molecule has 6 nitrogen and oxygen atoms in total. The van der Waals surface area contributed by atoms with Gasteiger partial charge in [-0.2, -0.15) is 5.10 Å². The second-order valence-electron chi connectivity index (χ2n) is 5.69. The summed E-state index contributed by atoms with van der Waals surface area (Å²) < 4.78 is 5.01. The van der Waals surface area contributed by atoms with E-state index in [9.17, 15) is 4.79 Å². The lowest BCUT2D eigenvalue weighted by Gasteiger charge is -2.26. The van der Waals surface area contributed by atoms with Crippen LogP contribution >= 0.6 is 0 Å². The zero-order valence-corrected chi connectivity index (χ0v) is 12.7. The van der Waals surface area contributed by atoms with Crippen molar-refractivity contribution in [2.24, 2.45) is 0 Å². The Hall–Kier alpha value is -2.89. The predicted octanol–water partition coefficient (Wildman–Crippen LogP) is 2.57. The third-order valence-corrected chi connectivity index (χ3v) is 4.12. The zero-order chi connectivity index (χ0) is 15.8. The predicted molar refractivity (Wildman–Crippen MR) is 83.7 cm³/mol. The molecule has 1 aromatic carbocycles. The average Bonchev–Trinajstić information content (AvgIpc) is 3.20. The van der Waals surface area contributed by atoms with Gasteiger partial charge in [0.2, 0.25) is 0 Å². The molecule has 0 fully saturated rings. The molecule has 0 atom stereocenters. The Bertz CT molecular complexity index is 851. The molecule has 3 heterocycles. The van der Waals surface area contributed by atoms with Crippen molar-refractivity contribution in [3.05, 3.63) is 59.1 Å². The third-order valence-electron chi connectivity index (χ3n) is 4.12. The lowest BCUT2D eigenvalue weighted by atomic mass is 10.0. The van der Waals surface area contributed by atoms with Crippen molar-refractivity contribution in [3.63, 3.8) is 0 Å². The number of amides is 1. The molecule has 116 valence electrons. The minimum Gasteiger partial charge on any atom is -0.361 e. The molecule has 0 radical (unpaired) electrons. The Morgan fingerprint density at radius 3 is 2.87 bits per heavy atom. The quantitative estimate of drug-likeness (QED) is 0.789. The van der Waals surface area contributed by atoms with Crippen molar-refractivity contribution < 1.29 is 9.32 Å². The highest BCUT2D eigenvalue weighted by molar-refractivity contribution is 5.92. The number of aromatic amines is 1. The summed E-state index contributed by atoms with van der Waals surface area (Å²) in [6.45, 7) is 2.95. The molecule has 3 aromatic rings. The van der Waals surface area contributed by atoms with Gasteiger partial charge >= 0.3 is 0 Å². The van der Waals surface area contributed by atoms with Crippen LogP contribution in [0, 0.1) is 6.92 Å². The Labute approximate surface area is 133 Å². The number of nitrogens with zero attached hydrogens (tertiary/aromatic N) is 3. The lowest BCUT2D eigenvalue weighted by Crippen LogP contribution is -2.36. The van der Waals surface area contributed by atoms with Gasteiger partial charge in [-0.1, -0.05) is 35.5 Å².